The third-order valence-corrected chi connectivity index (χ3v) is 5.21. The molecule has 0 unspecified atom stereocenters. The Morgan fingerprint density at radius 1 is 1.35 bits per heavy atom. The zero-order valence-corrected chi connectivity index (χ0v) is 16.3. The fourth-order valence-electron chi connectivity index (χ4n) is 2.57. The van der Waals surface area contributed by atoms with Crippen molar-refractivity contribution in [2.24, 2.45) is 4.99 Å². The summed E-state index contributed by atoms with van der Waals surface area (Å²) in [5.74, 6) is 0.182. The molecule has 1 fully saturated rings. The quantitative estimate of drug-likeness (QED) is 0.686. The summed E-state index contributed by atoms with van der Waals surface area (Å²) in [7, 11) is 1.55. The molecule has 2 N–H and O–H groups in total. The van der Waals surface area contributed by atoms with Crippen LogP contribution in [0, 0.1) is 0 Å². The van der Waals surface area contributed by atoms with E-state index in [-0.39, 0.29) is 18.2 Å². The molecular weight excluding hydrogens is 352 g/mol. The zero-order chi connectivity index (χ0) is 18.9. The molecule has 2 rings (SSSR count). The number of benzene rings is 1. The SMILES string of the molecule is CCN(CC)CCN=C1NC(=O)[C@@H](CC(=O)Nc2ccccc2OC)S1. The number of para-hydroxylation sites is 2. The molecule has 26 heavy (non-hydrogen) atoms. The van der Waals surface area contributed by atoms with Gasteiger partial charge in [-0.25, -0.2) is 0 Å². The molecule has 1 saturated heterocycles. The van der Waals surface area contributed by atoms with Gasteiger partial charge in [-0.1, -0.05) is 37.7 Å². The fourth-order valence-corrected chi connectivity index (χ4v) is 3.56. The zero-order valence-electron chi connectivity index (χ0n) is 15.4. The number of nitrogens with zero attached hydrogens (tertiary/aromatic N) is 2. The van der Waals surface area contributed by atoms with E-state index in [0.717, 1.165) is 19.6 Å². The van der Waals surface area contributed by atoms with Crippen molar-refractivity contribution in [1.82, 2.24) is 10.2 Å². The van der Waals surface area contributed by atoms with Crippen molar-refractivity contribution >= 4 is 34.4 Å². The summed E-state index contributed by atoms with van der Waals surface area (Å²) in [5.41, 5.74) is 0.594. The van der Waals surface area contributed by atoms with E-state index in [1.807, 2.05) is 12.1 Å². The standard InChI is InChI=1S/C18H26N4O3S/c1-4-22(5-2)11-10-19-18-21-17(24)15(26-18)12-16(23)20-13-8-6-7-9-14(13)25-3/h6-9,15H,4-5,10-12H2,1-3H3,(H,20,23)(H,19,21,24)/t15-/m1/s1. The van der Waals surface area contributed by atoms with Crippen LogP contribution in [0.4, 0.5) is 5.69 Å². The van der Waals surface area contributed by atoms with Gasteiger partial charge in [0.25, 0.3) is 0 Å². The Hall–Kier alpha value is -2.06. The van der Waals surface area contributed by atoms with Gasteiger partial charge in [0.2, 0.25) is 11.8 Å². The highest BCUT2D eigenvalue weighted by atomic mass is 32.2. The van der Waals surface area contributed by atoms with Gasteiger partial charge in [0.1, 0.15) is 11.0 Å². The first kappa shape index (κ1) is 20.3. The number of carbonyl (C=O) groups is 2. The van der Waals surface area contributed by atoms with Crippen LogP contribution in [0.5, 0.6) is 5.75 Å². The van der Waals surface area contributed by atoms with E-state index in [1.165, 1.54) is 11.8 Å². The van der Waals surface area contributed by atoms with Gasteiger partial charge in [0.15, 0.2) is 5.17 Å². The highest BCUT2D eigenvalue weighted by Crippen LogP contribution is 2.26. The average molecular weight is 378 g/mol. The summed E-state index contributed by atoms with van der Waals surface area (Å²) >= 11 is 1.31. The second-order valence-electron chi connectivity index (χ2n) is 5.76. The van der Waals surface area contributed by atoms with Crippen LogP contribution in [0.25, 0.3) is 0 Å². The maximum atomic E-state index is 12.3. The number of ether oxygens (including phenoxy) is 1. The normalized spacial score (nSPS) is 18.2. The summed E-state index contributed by atoms with van der Waals surface area (Å²) in [6.45, 7) is 7.66. The minimum atomic E-state index is -0.461. The molecule has 8 heteroatoms. The monoisotopic (exact) mass is 378 g/mol. The van der Waals surface area contributed by atoms with Gasteiger partial charge in [0, 0.05) is 13.0 Å². The topological polar surface area (TPSA) is 83.0 Å². The summed E-state index contributed by atoms with van der Waals surface area (Å²) in [5, 5.41) is 5.68. The van der Waals surface area contributed by atoms with E-state index in [0.29, 0.717) is 23.1 Å². The van der Waals surface area contributed by atoms with Crippen molar-refractivity contribution < 1.29 is 14.3 Å². The fraction of sp³-hybridized carbons (Fsp3) is 0.500. The Kier molecular flexibility index (Phi) is 7.93. The molecule has 0 aliphatic carbocycles. The molecule has 1 aliphatic heterocycles. The third-order valence-electron chi connectivity index (χ3n) is 4.09. The number of rotatable bonds is 9. The van der Waals surface area contributed by atoms with Crippen LogP contribution in [-0.2, 0) is 9.59 Å². The molecule has 1 atom stereocenters. The second kappa shape index (κ2) is 10.2. The number of carbonyl (C=O) groups excluding carboxylic acids is 2. The van der Waals surface area contributed by atoms with Gasteiger partial charge in [-0.2, -0.15) is 0 Å². The number of nitrogens with one attached hydrogen (secondary N) is 2. The molecule has 0 aromatic heterocycles. The van der Waals surface area contributed by atoms with Gasteiger partial charge >= 0.3 is 0 Å². The Bertz CT molecular complexity index is 662. The Labute approximate surface area is 158 Å². The van der Waals surface area contributed by atoms with Gasteiger partial charge in [-0.3, -0.25) is 14.6 Å². The number of anilines is 1. The largest absolute Gasteiger partial charge is 0.495 e. The number of hydrogen-bond donors (Lipinski definition) is 2. The van der Waals surface area contributed by atoms with Crippen LogP contribution in [0.15, 0.2) is 29.3 Å². The molecule has 1 heterocycles. The maximum Gasteiger partial charge on any atom is 0.240 e. The van der Waals surface area contributed by atoms with Gasteiger partial charge in [-0.15, -0.1) is 0 Å². The molecule has 2 amide bonds. The van der Waals surface area contributed by atoms with Gasteiger partial charge < -0.3 is 20.3 Å². The summed E-state index contributed by atoms with van der Waals surface area (Å²) < 4.78 is 5.21. The lowest BCUT2D eigenvalue weighted by Gasteiger charge is -2.16. The molecular formula is C18H26N4O3S. The van der Waals surface area contributed by atoms with E-state index in [1.54, 1.807) is 19.2 Å². The smallest absolute Gasteiger partial charge is 0.240 e. The molecule has 7 nitrogen and oxygen atoms in total. The van der Waals surface area contributed by atoms with Crippen LogP contribution in [0.1, 0.15) is 20.3 Å². The highest BCUT2D eigenvalue weighted by molar-refractivity contribution is 8.15. The molecule has 142 valence electrons. The lowest BCUT2D eigenvalue weighted by Crippen LogP contribution is -2.29. The van der Waals surface area contributed by atoms with Crippen LogP contribution in [0.2, 0.25) is 0 Å². The summed E-state index contributed by atoms with van der Waals surface area (Å²) in [6, 6.07) is 7.18. The van der Waals surface area contributed by atoms with Crippen molar-refractivity contribution in [3.8, 4) is 5.75 Å². The minimum absolute atomic E-state index is 0.0869. The predicted octanol–water partition coefficient (Wildman–Crippen LogP) is 1.95. The van der Waals surface area contributed by atoms with Crippen LogP contribution in [0.3, 0.4) is 0 Å². The molecule has 1 aromatic rings. The summed E-state index contributed by atoms with van der Waals surface area (Å²) in [4.78, 5) is 31.0. The molecule has 0 spiro atoms. The number of thioether (sulfide) groups is 1. The first-order valence-electron chi connectivity index (χ1n) is 8.74. The molecule has 1 aliphatic rings. The number of methoxy groups -OCH3 is 1. The maximum absolute atomic E-state index is 12.3. The molecule has 0 bridgehead atoms. The number of aliphatic imine (C=N–C) groups is 1. The second-order valence-corrected chi connectivity index (χ2v) is 6.95. The van der Waals surface area contributed by atoms with Crippen LogP contribution >= 0.6 is 11.8 Å². The molecule has 1 aromatic carbocycles. The van der Waals surface area contributed by atoms with E-state index in [2.05, 4.69) is 34.4 Å². The van der Waals surface area contributed by atoms with E-state index in [4.69, 9.17) is 4.74 Å². The van der Waals surface area contributed by atoms with E-state index >= 15 is 0 Å². The Balaban J connectivity index is 1.86. The van der Waals surface area contributed by atoms with Crippen LogP contribution < -0.4 is 15.4 Å². The number of amidine groups is 1. The molecule has 0 saturated carbocycles. The predicted molar refractivity (Wildman–Crippen MR) is 106 cm³/mol. The van der Waals surface area contributed by atoms with Crippen molar-refractivity contribution in [2.45, 2.75) is 25.5 Å². The van der Waals surface area contributed by atoms with Crippen molar-refractivity contribution in [1.29, 1.82) is 0 Å². The van der Waals surface area contributed by atoms with Crippen molar-refractivity contribution in [3.05, 3.63) is 24.3 Å². The number of hydrogen-bond acceptors (Lipinski definition) is 6. The third kappa shape index (κ3) is 5.74. The van der Waals surface area contributed by atoms with Gasteiger partial charge in [-0.05, 0) is 25.2 Å². The lowest BCUT2D eigenvalue weighted by molar-refractivity contribution is -0.122. The number of amides is 2. The molecule has 0 radical (unpaired) electrons. The first-order valence-corrected chi connectivity index (χ1v) is 9.62. The minimum Gasteiger partial charge on any atom is -0.495 e. The van der Waals surface area contributed by atoms with Crippen molar-refractivity contribution in [2.75, 3.05) is 38.6 Å². The summed E-state index contributed by atoms with van der Waals surface area (Å²) in [6.07, 6.45) is 0.0869. The van der Waals surface area contributed by atoms with E-state index in [9.17, 15) is 9.59 Å². The van der Waals surface area contributed by atoms with E-state index < -0.39 is 5.25 Å². The van der Waals surface area contributed by atoms with Crippen molar-refractivity contribution in [3.63, 3.8) is 0 Å². The van der Waals surface area contributed by atoms with Crippen LogP contribution in [-0.4, -0.2) is 60.4 Å². The van der Waals surface area contributed by atoms with Gasteiger partial charge in [0.05, 0.1) is 19.3 Å². The Morgan fingerprint density at radius 2 is 2.08 bits per heavy atom. The number of likely N-dealkylation sites (N-methyl/N-ethyl adjacent to an activating group) is 1. The lowest BCUT2D eigenvalue weighted by atomic mass is 10.2. The Morgan fingerprint density at radius 3 is 2.77 bits per heavy atom. The first-order chi connectivity index (χ1) is 12.6. The average Bonchev–Trinajstić information content (AvgIpc) is 2.98. The highest BCUT2D eigenvalue weighted by Gasteiger charge is 2.32.